The lowest BCUT2D eigenvalue weighted by Crippen LogP contribution is -1.94. The van der Waals surface area contributed by atoms with Crippen molar-refractivity contribution in [2.24, 2.45) is 0 Å². The third kappa shape index (κ3) is 4.71. The zero-order chi connectivity index (χ0) is 16.7. The van der Waals surface area contributed by atoms with Crippen LogP contribution in [0.1, 0.15) is 0 Å². The van der Waals surface area contributed by atoms with Crippen LogP contribution in [0.2, 0.25) is 5.02 Å². The first kappa shape index (κ1) is 17.4. The van der Waals surface area contributed by atoms with Crippen LogP contribution in [0.3, 0.4) is 0 Å². The SMILES string of the molecule is COc1ccc(Cl)cc1N.COc1ccc([N+](=O)[O-])cc1N. The third-order valence-corrected chi connectivity index (χ3v) is 2.85. The fraction of sp³-hybridized carbons (Fsp3) is 0.143. The molecule has 7 nitrogen and oxygen atoms in total. The van der Waals surface area contributed by atoms with E-state index in [1.807, 2.05) is 0 Å². The van der Waals surface area contributed by atoms with Gasteiger partial charge in [-0.15, -0.1) is 0 Å². The molecule has 0 amide bonds. The van der Waals surface area contributed by atoms with Crippen molar-refractivity contribution in [3.05, 3.63) is 51.5 Å². The zero-order valence-corrected chi connectivity index (χ0v) is 12.8. The molecule has 0 saturated heterocycles. The Morgan fingerprint density at radius 2 is 1.50 bits per heavy atom. The van der Waals surface area contributed by atoms with Gasteiger partial charge in [0, 0.05) is 17.2 Å². The molecule has 2 rings (SSSR count). The van der Waals surface area contributed by atoms with E-state index in [0.29, 0.717) is 22.2 Å². The number of halogens is 1. The van der Waals surface area contributed by atoms with Gasteiger partial charge in [0.1, 0.15) is 11.5 Å². The van der Waals surface area contributed by atoms with Gasteiger partial charge in [0.25, 0.3) is 5.69 Å². The molecule has 118 valence electrons. The monoisotopic (exact) mass is 325 g/mol. The second-order valence-corrected chi connectivity index (χ2v) is 4.51. The Hall–Kier alpha value is -2.67. The number of anilines is 2. The summed E-state index contributed by atoms with van der Waals surface area (Å²) in [5, 5.41) is 10.9. The number of nitrogens with zero attached hydrogens (tertiary/aromatic N) is 1. The fourth-order valence-corrected chi connectivity index (χ4v) is 1.72. The molecular formula is C14H16ClN3O4. The molecule has 2 aromatic carbocycles. The van der Waals surface area contributed by atoms with Crippen molar-refractivity contribution in [2.75, 3.05) is 25.7 Å². The molecule has 0 spiro atoms. The van der Waals surface area contributed by atoms with Crippen molar-refractivity contribution in [3.8, 4) is 11.5 Å². The quantitative estimate of drug-likeness (QED) is 0.509. The Morgan fingerprint density at radius 1 is 1.00 bits per heavy atom. The highest BCUT2D eigenvalue weighted by Gasteiger charge is 2.07. The number of benzene rings is 2. The van der Waals surface area contributed by atoms with Crippen LogP contribution in [0.4, 0.5) is 17.1 Å². The number of non-ortho nitro benzene ring substituents is 1. The van der Waals surface area contributed by atoms with Gasteiger partial charge in [-0.2, -0.15) is 0 Å². The van der Waals surface area contributed by atoms with E-state index in [4.69, 9.17) is 32.5 Å². The molecule has 0 saturated carbocycles. The Bertz CT molecular complexity index is 665. The Kier molecular flexibility index (Phi) is 6.27. The topological polar surface area (TPSA) is 114 Å². The van der Waals surface area contributed by atoms with Crippen molar-refractivity contribution in [1.82, 2.24) is 0 Å². The van der Waals surface area contributed by atoms with Crippen molar-refractivity contribution in [1.29, 1.82) is 0 Å². The smallest absolute Gasteiger partial charge is 0.271 e. The van der Waals surface area contributed by atoms with Crippen molar-refractivity contribution >= 4 is 28.7 Å². The molecule has 0 aliphatic carbocycles. The summed E-state index contributed by atoms with van der Waals surface area (Å²) in [6.45, 7) is 0. The van der Waals surface area contributed by atoms with E-state index in [9.17, 15) is 10.1 Å². The van der Waals surface area contributed by atoms with E-state index >= 15 is 0 Å². The van der Waals surface area contributed by atoms with Gasteiger partial charge in [-0.05, 0) is 24.3 Å². The number of hydrogen-bond acceptors (Lipinski definition) is 6. The highest BCUT2D eigenvalue weighted by Crippen LogP contribution is 2.25. The maximum Gasteiger partial charge on any atom is 0.271 e. The number of hydrogen-bond donors (Lipinski definition) is 2. The van der Waals surface area contributed by atoms with Crippen LogP contribution in [0.15, 0.2) is 36.4 Å². The number of nitro groups is 1. The molecule has 8 heteroatoms. The third-order valence-electron chi connectivity index (χ3n) is 2.62. The van der Waals surface area contributed by atoms with Crippen molar-refractivity contribution < 1.29 is 14.4 Å². The lowest BCUT2D eigenvalue weighted by molar-refractivity contribution is -0.384. The Balaban J connectivity index is 0.000000224. The van der Waals surface area contributed by atoms with Gasteiger partial charge in [0.15, 0.2) is 0 Å². The fourth-order valence-electron chi connectivity index (χ4n) is 1.54. The summed E-state index contributed by atoms with van der Waals surface area (Å²) in [5.74, 6) is 1.10. The summed E-state index contributed by atoms with van der Waals surface area (Å²) in [6, 6.07) is 9.19. The van der Waals surface area contributed by atoms with Gasteiger partial charge >= 0.3 is 0 Å². The standard InChI is InChI=1S/C7H8ClNO.C7H8N2O3/c1-10-7-3-2-5(8)4-6(7)9;1-12-7-3-2-5(9(10)11)4-6(7)8/h2-4H,9H2,1H3;2-4H,8H2,1H3. The summed E-state index contributed by atoms with van der Waals surface area (Å²) in [7, 11) is 3.02. The molecule has 0 atom stereocenters. The first-order chi connectivity index (χ1) is 10.4. The Morgan fingerprint density at radius 3 is 1.91 bits per heavy atom. The summed E-state index contributed by atoms with van der Waals surface area (Å²) < 4.78 is 9.75. The number of nitro benzene ring substituents is 1. The van der Waals surface area contributed by atoms with Gasteiger partial charge in [-0.25, -0.2) is 0 Å². The minimum atomic E-state index is -0.504. The lowest BCUT2D eigenvalue weighted by Gasteiger charge is -2.02. The molecule has 4 N–H and O–H groups in total. The number of rotatable bonds is 3. The van der Waals surface area contributed by atoms with E-state index in [0.717, 1.165) is 0 Å². The summed E-state index contributed by atoms with van der Waals surface area (Å²) >= 11 is 5.64. The van der Waals surface area contributed by atoms with Crippen molar-refractivity contribution in [2.45, 2.75) is 0 Å². The van der Waals surface area contributed by atoms with Crippen LogP contribution in [-0.4, -0.2) is 19.1 Å². The molecule has 2 aromatic rings. The predicted molar refractivity (Wildman–Crippen MR) is 86.5 cm³/mol. The van der Waals surface area contributed by atoms with Gasteiger partial charge in [-0.3, -0.25) is 10.1 Å². The second kappa shape index (κ2) is 7.94. The molecule has 0 bridgehead atoms. The predicted octanol–water partition coefficient (Wildman–Crippen LogP) is 3.12. The summed E-state index contributed by atoms with van der Waals surface area (Å²) in [6.07, 6.45) is 0. The Labute approximate surface area is 132 Å². The maximum atomic E-state index is 10.3. The molecule has 0 aliphatic heterocycles. The van der Waals surface area contributed by atoms with Crippen LogP contribution < -0.4 is 20.9 Å². The number of nitrogen functional groups attached to an aromatic ring is 2. The zero-order valence-electron chi connectivity index (χ0n) is 12.1. The average Bonchev–Trinajstić information content (AvgIpc) is 2.48. The van der Waals surface area contributed by atoms with E-state index in [2.05, 4.69) is 0 Å². The number of nitrogens with two attached hydrogens (primary N) is 2. The van der Waals surface area contributed by atoms with Crippen LogP contribution in [0.25, 0.3) is 0 Å². The number of methoxy groups -OCH3 is 2. The molecule has 0 aromatic heterocycles. The normalized spacial score (nSPS) is 9.41. The van der Waals surface area contributed by atoms with Gasteiger partial charge in [-0.1, -0.05) is 11.6 Å². The highest BCUT2D eigenvalue weighted by atomic mass is 35.5. The minimum absolute atomic E-state index is 0.0340. The van der Waals surface area contributed by atoms with Crippen LogP contribution in [0.5, 0.6) is 11.5 Å². The lowest BCUT2D eigenvalue weighted by atomic mass is 10.2. The van der Waals surface area contributed by atoms with E-state index < -0.39 is 4.92 Å². The minimum Gasteiger partial charge on any atom is -0.495 e. The summed E-state index contributed by atoms with van der Waals surface area (Å²) in [4.78, 5) is 9.76. The second-order valence-electron chi connectivity index (χ2n) is 4.07. The molecule has 22 heavy (non-hydrogen) atoms. The first-order valence-electron chi connectivity index (χ1n) is 6.06. The van der Waals surface area contributed by atoms with E-state index in [1.165, 1.54) is 25.3 Å². The van der Waals surface area contributed by atoms with E-state index in [-0.39, 0.29) is 11.4 Å². The van der Waals surface area contributed by atoms with Crippen LogP contribution in [-0.2, 0) is 0 Å². The molecule has 0 unspecified atom stereocenters. The average molecular weight is 326 g/mol. The van der Waals surface area contributed by atoms with Gasteiger partial charge < -0.3 is 20.9 Å². The molecular weight excluding hydrogens is 310 g/mol. The van der Waals surface area contributed by atoms with E-state index in [1.54, 1.807) is 25.3 Å². The number of ether oxygens (including phenoxy) is 2. The largest absolute Gasteiger partial charge is 0.495 e. The molecule has 0 aliphatic rings. The molecule has 0 heterocycles. The summed E-state index contributed by atoms with van der Waals surface area (Å²) in [5.41, 5.74) is 11.8. The molecule has 0 fully saturated rings. The highest BCUT2D eigenvalue weighted by molar-refractivity contribution is 6.30. The molecule has 0 radical (unpaired) electrons. The maximum absolute atomic E-state index is 10.3. The first-order valence-corrected chi connectivity index (χ1v) is 6.43. The van der Waals surface area contributed by atoms with Crippen LogP contribution >= 0.6 is 11.6 Å². The van der Waals surface area contributed by atoms with Gasteiger partial charge in [0.2, 0.25) is 0 Å². The van der Waals surface area contributed by atoms with Crippen molar-refractivity contribution in [3.63, 3.8) is 0 Å². The van der Waals surface area contributed by atoms with Crippen LogP contribution in [0, 0.1) is 10.1 Å². The van der Waals surface area contributed by atoms with Gasteiger partial charge in [0.05, 0.1) is 30.5 Å².